The monoisotopic (exact) mass is 492 g/mol. The van der Waals surface area contributed by atoms with Crippen LogP contribution in [0, 0.1) is 0 Å². The highest BCUT2D eigenvalue weighted by Gasteiger charge is 2.35. The van der Waals surface area contributed by atoms with E-state index in [-0.39, 0.29) is 24.9 Å². The van der Waals surface area contributed by atoms with Crippen molar-refractivity contribution in [2.75, 3.05) is 20.3 Å². The lowest BCUT2D eigenvalue weighted by Crippen LogP contribution is -2.40. The molecule has 1 N–H and O–H groups in total. The second kappa shape index (κ2) is 14.1. The van der Waals surface area contributed by atoms with Crippen molar-refractivity contribution < 1.29 is 28.8 Å². The van der Waals surface area contributed by atoms with Gasteiger partial charge in [0.15, 0.2) is 0 Å². The van der Waals surface area contributed by atoms with E-state index in [1.54, 1.807) is 7.11 Å². The maximum Gasteiger partial charge on any atom is 0.118 e. The van der Waals surface area contributed by atoms with Crippen LogP contribution in [0.5, 0.6) is 5.75 Å². The van der Waals surface area contributed by atoms with E-state index in [1.165, 1.54) is 0 Å². The number of hydrogen-bond donors (Lipinski definition) is 1. The highest BCUT2D eigenvalue weighted by atomic mass is 16.6. The first-order valence-electron chi connectivity index (χ1n) is 12.5. The molecule has 0 bridgehead atoms. The van der Waals surface area contributed by atoms with E-state index < -0.39 is 6.10 Å². The summed E-state index contributed by atoms with van der Waals surface area (Å²) in [5.41, 5.74) is 3.25. The van der Waals surface area contributed by atoms with Crippen LogP contribution >= 0.6 is 0 Å². The molecule has 0 unspecified atom stereocenters. The molecule has 1 aliphatic rings. The Morgan fingerprint density at radius 1 is 0.694 bits per heavy atom. The number of benzene rings is 3. The Kier molecular flexibility index (Phi) is 10.3. The van der Waals surface area contributed by atoms with Crippen molar-refractivity contribution in [1.29, 1.82) is 0 Å². The average Bonchev–Trinajstić information content (AvgIpc) is 3.11. The first kappa shape index (κ1) is 26.3. The minimum Gasteiger partial charge on any atom is -0.497 e. The normalized spacial score (nSPS) is 22.2. The Morgan fingerprint density at radius 3 is 1.78 bits per heavy atom. The molecule has 0 saturated carbocycles. The number of aliphatic hydroxyl groups is 1. The predicted molar refractivity (Wildman–Crippen MR) is 138 cm³/mol. The third-order valence-corrected chi connectivity index (χ3v) is 6.42. The first-order chi connectivity index (χ1) is 17.7. The lowest BCUT2D eigenvalue weighted by Gasteiger charge is -2.28. The van der Waals surface area contributed by atoms with Crippen LogP contribution in [0.15, 0.2) is 84.9 Å². The molecule has 1 fully saturated rings. The molecule has 3 aromatic carbocycles. The molecule has 0 amide bonds. The first-order valence-corrected chi connectivity index (χ1v) is 12.5. The molecule has 192 valence electrons. The van der Waals surface area contributed by atoms with Gasteiger partial charge in [-0.2, -0.15) is 0 Å². The second-order valence-corrected chi connectivity index (χ2v) is 9.01. The molecule has 6 nitrogen and oxygen atoms in total. The van der Waals surface area contributed by atoms with E-state index in [0.717, 1.165) is 35.3 Å². The lowest BCUT2D eigenvalue weighted by atomic mass is 10.1. The minimum atomic E-state index is -0.459. The number of ether oxygens (including phenoxy) is 5. The van der Waals surface area contributed by atoms with Gasteiger partial charge in [0.05, 0.1) is 52.4 Å². The maximum absolute atomic E-state index is 10.2. The summed E-state index contributed by atoms with van der Waals surface area (Å²) in [4.78, 5) is 0. The van der Waals surface area contributed by atoms with Gasteiger partial charge in [-0.25, -0.2) is 0 Å². The third kappa shape index (κ3) is 7.88. The highest BCUT2D eigenvalue weighted by molar-refractivity contribution is 5.26. The molecule has 0 spiro atoms. The Balaban J connectivity index is 1.39. The van der Waals surface area contributed by atoms with Crippen LogP contribution in [0.1, 0.15) is 29.5 Å². The molecule has 0 radical (unpaired) electrons. The van der Waals surface area contributed by atoms with Gasteiger partial charge in [0.2, 0.25) is 0 Å². The fraction of sp³-hybridized carbons (Fsp3) is 0.400. The summed E-state index contributed by atoms with van der Waals surface area (Å²) in [6.07, 6.45) is 0.262. The predicted octanol–water partition coefficient (Wildman–Crippen LogP) is 4.92. The molecule has 1 heterocycles. The maximum atomic E-state index is 10.2. The van der Waals surface area contributed by atoms with E-state index >= 15 is 0 Å². The molecular weight excluding hydrogens is 456 g/mol. The summed E-state index contributed by atoms with van der Waals surface area (Å²) in [5, 5.41) is 10.2. The number of rotatable bonds is 12. The van der Waals surface area contributed by atoms with Crippen LogP contribution in [0.25, 0.3) is 0 Å². The zero-order chi connectivity index (χ0) is 25.0. The Labute approximate surface area is 213 Å². The average molecular weight is 493 g/mol. The van der Waals surface area contributed by atoms with Crippen LogP contribution in [-0.2, 0) is 38.8 Å². The largest absolute Gasteiger partial charge is 0.497 e. The Bertz CT molecular complexity index is 995. The zero-order valence-corrected chi connectivity index (χ0v) is 20.8. The molecule has 4 rings (SSSR count). The summed E-state index contributed by atoms with van der Waals surface area (Å²) in [7, 11) is 1.65. The van der Waals surface area contributed by atoms with E-state index in [1.807, 2.05) is 72.8 Å². The molecule has 0 aliphatic carbocycles. The standard InChI is InChI=1S/C30H36O6/c1-32-26-14-12-25(13-15-26)21-34-27-16-17-28(35-20-24-10-6-3-7-11-24)30(36-29(27)18-31)22-33-19-23-8-4-2-5-9-23/h2-15,27-31H,16-22H2,1H3/t27-,28+,29+,30-/m0/s1. The van der Waals surface area contributed by atoms with Crippen LogP contribution < -0.4 is 4.74 Å². The minimum absolute atomic E-state index is 0.131. The van der Waals surface area contributed by atoms with Crippen molar-refractivity contribution >= 4 is 0 Å². The molecule has 1 aliphatic heterocycles. The van der Waals surface area contributed by atoms with Crippen molar-refractivity contribution in [2.45, 2.75) is 57.1 Å². The van der Waals surface area contributed by atoms with Gasteiger partial charge >= 0.3 is 0 Å². The van der Waals surface area contributed by atoms with Crippen molar-refractivity contribution in [2.24, 2.45) is 0 Å². The molecule has 1 saturated heterocycles. The summed E-state index contributed by atoms with van der Waals surface area (Å²) in [6.45, 7) is 1.65. The van der Waals surface area contributed by atoms with Gasteiger partial charge < -0.3 is 28.8 Å². The van der Waals surface area contributed by atoms with Gasteiger partial charge in [0.25, 0.3) is 0 Å². The summed E-state index contributed by atoms with van der Waals surface area (Å²) < 4.78 is 30.2. The topological polar surface area (TPSA) is 66.4 Å². The second-order valence-electron chi connectivity index (χ2n) is 9.01. The van der Waals surface area contributed by atoms with Crippen molar-refractivity contribution in [3.8, 4) is 5.75 Å². The van der Waals surface area contributed by atoms with E-state index in [4.69, 9.17) is 23.7 Å². The fourth-order valence-corrected chi connectivity index (χ4v) is 4.36. The molecule has 36 heavy (non-hydrogen) atoms. The van der Waals surface area contributed by atoms with Gasteiger partial charge in [-0.05, 0) is 41.7 Å². The molecule has 6 heteroatoms. The quantitative estimate of drug-likeness (QED) is 0.387. The molecular formula is C30H36O6. The van der Waals surface area contributed by atoms with Gasteiger partial charge in [-0.15, -0.1) is 0 Å². The Hall–Kier alpha value is -2.74. The number of methoxy groups -OCH3 is 1. The van der Waals surface area contributed by atoms with Crippen LogP contribution in [0.2, 0.25) is 0 Å². The molecule has 3 aromatic rings. The van der Waals surface area contributed by atoms with E-state index in [2.05, 4.69) is 12.1 Å². The van der Waals surface area contributed by atoms with Gasteiger partial charge in [-0.3, -0.25) is 0 Å². The summed E-state index contributed by atoms with van der Waals surface area (Å²) in [6, 6.07) is 28.0. The Morgan fingerprint density at radius 2 is 1.22 bits per heavy atom. The lowest BCUT2D eigenvalue weighted by molar-refractivity contribution is -0.157. The SMILES string of the molecule is COc1ccc(CO[C@H]2CC[C@@H](OCc3ccccc3)[C@H](COCc3ccccc3)O[C@@H]2CO)cc1. The summed E-state index contributed by atoms with van der Waals surface area (Å²) >= 11 is 0. The van der Waals surface area contributed by atoms with Crippen molar-refractivity contribution in [3.05, 3.63) is 102 Å². The smallest absolute Gasteiger partial charge is 0.118 e. The number of hydrogen-bond acceptors (Lipinski definition) is 6. The van der Waals surface area contributed by atoms with Crippen molar-refractivity contribution in [3.63, 3.8) is 0 Å². The summed E-state index contributed by atoms with van der Waals surface area (Å²) in [5.74, 6) is 0.807. The number of aliphatic hydroxyl groups excluding tert-OH is 1. The van der Waals surface area contributed by atoms with Gasteiger partial charge in [0, 0.05) is 0 Å². The zero-order valence-electron chi connectivity index (χ0n) is 20.8. The van der Waals surface area contributed by atoms with Crippen LogP contribution in [0.4, 0.5) is 0 Å². The third-order valence-electron chi connectivity index (χ3n) is 6.42. The van der Waals surface area contributed by atoms with Gasteiger partial charge in [-0.1, -0.05) is 72.8 Å². The van der Waals surface area contributed by atoms with Crippen LogP contribution in [-0.4, -0.2) is 49.8 Å². The van der Waals surface area contributed by atoms with E-state index in [9.17, 15) is 5.11 Å². The molecule has 4 atom stereocenters. The van der Waals surface area contributed by atoms with Crippen molar-refractivity contribution in [1.82, 2.24) is 0 Å². The fourth-order valence-electron chi connectivity index (χ4n) is 4.36. The van der Waals surface area contributed by atoms with Gasteiger partial charge in [0.1, 0.15) is 18.0 Å². The van der Waals surface area contributed by atoms with E-state index in [0.29, 0.717) is 26.4 Å². The molecule has 0 aromatic heterocycles. The highest BCUT2D eigenvalue weighted by Crippen LogP contribution is 2.26. The van der Waals surface area contributed by atoms with Crippen LogP contribution in [0.3, 0.4) is 0 Å².